The molecule has 2 aromatic rings. The van der Waals surface area contributed by atoms with Gasteiger partial charge in [-0.2, -0.15) is 23.5 Å². The number of amides is 2. The summed E-state index contributed by atoms with van der Waals surface area (Å²) in [6.45, 7) is 1.44. The Balaban J connectivity index is 1.67. The Bertz CT molecular complexity index is 1150. The van der Waals surface area contributed by atoms with Crippen molar-refractivity contribution in [1.29, 1.82) is 5.26 Å². The number of hydrogen-bond donors (Lipinski definition) is 3. The number of hydrogen-bond acceptors (Lipinski definition) is 6. The number of benzene rings is 1. The van der Waals surface area contributed by atoms with Crippen LogP contribution in [0, 0.1) is 11.3 Å². The van der Waals surface area contributed by atoms with Gasteiger partial charge in [0.25, 0.3) is 11.8 Å². The molecule has 12 heteroatoms. The standard InChI is InChI=1S/C20H18F3N7O2/c1-10-13(18(31)26-16-12(8-24)9-29(2)28-16)19(32)30-17(25-10)14(11-6-4-3-5-7-11)15(27-30)20(21,22)23/h3-7,9,14-15,17,25,27H,1-2H3,(H,26,28,31). The van der Waals surface area contributed by atoms with Gasteiger partial charge in [-0.1, -0.05) is 30.3 Å². The van der Waals surface area contributed by atoms with Crippen LogP contribution in [-0.2, 0) is 16.6 Å². The van der Waals surface area contributed by atoms with Crippen LogP contribution in [0.4, 0.5) is 19.0 Å². The van der Waals surface area contributed by atoms with Crippen molar-refractivity contribution in [3.05, 3.63) is 58.9 Å². The number of allylic oxidation sites excluding steroid dienone is 1. The number of nitriles is 1. The van der Waals surface area contributed by atoms with Crippen LogP contribution < -0.4 is 16.1 Å². The Hall–Kier alpha value is -3.85. The van der Waals surface area contributed by atoms with Gasteiger partial charge in [0.1, 0.15) is 29.4 Å². The molecule has 4 rings (SSSR count). The third-order valence-corrected chi connectivity index (χ3v) is 5.37. The van der Waals surface area contributed by atoms with Gasteiger partial charge >= 0.3 is 6.18 Å². The van der Waals surface area contributed by atoms with Crippen LogP contribution in [0.15, 0.2) is 47.8 Å². The largest absolute Gasteiger partial charge is 0.406 e. The van der Waals surface area contributed by atoms with Crippen molar-refractivity contribution in [2.45, 2.75) is 31.2 Å². The fraction of sp³-hybridized carbons (Fsp3) is 0.300. The Morgan fingerprint density at radius 1 is 1.28 bits per heavy atom. The quantitative estimate of drug-likeness (QED) is 0.617. The number of nitrogens with zero attached hydrogens (tertiary/aromatic N) is 4. The molecule has 3 unspecified atom stereocenters. The van der Waals surface area contributed by atoms with E-state index in [1.807, 2.05) is 6.07 Å². The number of nitrogens with one attached hydrogen (secondary N) is 3. The fourth-order valence-corrected chi connectivity index (χ4v) is 3.99. The second-order valence-corrected chi connectivity index (χ2v) is 7.48. The monoisotopic (exact) mass is 445 g/mol. The van der Waals surface area contributed by atoms with Crippen molar-refractivity contribution in [1.82, 2.24) is 25.5 Å². The van der Waals surface area contributed by atoms with Crippen molar-refractivity contribution in [2.24, 2.45) is 7.05 Å². The number of aromatic nitrogens is 2. The topological polar surface area (TPSA) is 115 Å². The van der Waals surface area contributed by atoms with E-state index in [0.717, 1.165) is 5.01 Å². The number of carbonyl (C=O) groups is 2. The summed E-state index contributed by atoms with van der Waals surface area (Å²) in [7, 11) is 1.55. The van der Waals surface area contributed by atoms with Crippen molar-refractivity contribution in [2.75, 3.05) is 5.32 Å². The number of anilines is 1. The molecule has 2 amide bonds. The second-order valence-electron chi connectivity index (χ2n) is 7.48. The highest BCUT2D eigenvalue weighted by Crippen LogP contribution is 2.41. The number of fused-ring (bicyclic) bond motifs is 1. The van der Waals surface area contributed by atoms with E-state index in [2.05, 4.69) is 21.2 Å². The Labute approximate surface area is 180 Å². The third-order valence-electron chi connectivity index (χ3n) is 5.37. The zero-order valence-electron chi connectivity index (χ0n) is 16.9. The van der Waals surface area contributed by atoms with Crippen LogP contribution in [0.1, 0.15) is 24.0 Å². The maximum absolute atomic E-state index is 13.8. The van der Waals surface area contributed by atoms with Crippen LogP contribution >= 0.6 is 0 Å². The predicted molar refractivity (Wildman–Crippen MR) is 105 cm³/mol. The zero-order valence-corrected chi connectivity index (χ0v) is 16.9. The first-order chi connectivity index (χ1) is 15.1. The molecule has 32 heavy (non-hydrogen) atoms. The zero-order chi connectivity index (χ0) is 23.2. The first-order valence-electron chi connectivity index (χ1n) is 9.55. The molecule has 3 atom stereocenters. The number of aryl methyl sites for hydroxylation is 1. The second kappa shape index (κ2) is 7.69. The van der Waals surface area contributed by atoms with Gasteiger partial charge in [0, 0.05) is 18.9 Å². The first-order valence-corrected chi connectivity index (χ1v) is 9.55. The summed E-state index contributed by atoms with van der Waals surface area (Å²) in [4.78, 5) is 25.9. The van der Waals surface area contributed by atoms with E-state index in [-0.39, 0.29) is 22.7 Å². The van der Waals surface area contributed by atoms with E-state index >= 15 is 0 Å². The van der Waals surface area contributed by atoms with E-state index in [4.69, 9.17) is 5.26 Å². The molecule has 0 aliphatic carbocycles. The Morgan fingerprint density at radius 3 is 2.59 bits per heavy atom. The lowest BCUT2D eigenvalue weighted by Gasteiger charge is -2.34. The molecule has 166 valence electrons. The van der Waals surface area contributed by atoms with E-state index < -0.39 is 36.1 Å². The van der Waals surface area contributed by atoms with E-state index in [9.17, 15) is 22.8 Å². The minimum Gasteiger partial charge on any atom is -0.366 e. The summed E-state index contributed by atoms with van der Waals surface area (Å²) in [5.74, 6) is -2.99. The van der Waals surface area contributed by atoms with E-state index in [0.29, 0.717) is 5.56 Å². The first kappa shape index (κ1) is 21.4. The average molecular weight is 445 g/mol. The summed E-state index contributed by atoms with van der Waals surface area (Å²) in [6, 6.07) is 7.88. The summed E-state index contributed by atoms with van der Waals surface area (Å²) in [6.07, 6.45) is -4.32. The van der Waals surface area contributed by atoms with Gasteiger partial charge < -0.3 is 10.6 Å². The van der Waals surface area contributed by atoms with Gasteiger partial charge in [0.05, 0.1) is 5.92 Å². The van der Waals surface area contributed by atoms with Gasteiger partial charge in [-0.3, -0.25) is 14.3 Å². The summed E-state index contributed by atoms with van der Waals surface area (Å²) in [5.41, 5.74) is 2.45. The van der Waals surface area contributed by atoms with Gasteiger partial charge in [-0.15, -0.1) is 0 Å². The highest BCUT2D eigenvalue weighted by molar-refractivity contribution is 6.23. The minimum absolute atomic E-state index is 0.0556. The molecule has 3 heterocycles. The fourth-order valence-electron chi connectivity index (χ4n) is 3.99. The highest BCUT2D eigenvalue weighted by atomic mass is 19.4. The molecule has 0 saturated carbocycles. The molecule has 1 saturated heterocycles. The van der Waals surface area contributed by atoms with Crippen molar-refractivity contribution in [3.63, 3.8) is 0 Å². The number of hydrazine groups is 1. The molecule has 1 aromatic heterocycles. The molecule has 2 aliphatic heterocycles. The van der Waals surface area contributed by atoms with Crippen molar-refractivity contribution >= 4 is 17.6 Å². The van der Waals surface area contributed by atoms with Crippen molar-refractivity contribution in [3.8, 4) is 6.07 Å². The van der Waals surface area contributed by atoms with Crippen LogP contribution in [0.2, 0.25) is 0 Å². The molecule has 3 N–H and O–H groups in total. The molecular formula is C20H18F3N7O2. The van der Waals surface area contributed by atoms with Gasteiger partial charge in [-0.05, 0) is 12.5 Å². The number of carbonyl (C=O) groups excluding carboxylic acids is 2. The van der Waals surface area contributed by atoms with Gasteiger partial charge in [0.15, 0.2) is 5.82 Å². The average Bonchev–Trinajstić information content (AvgIpc) is 3.28. The molecule has 0 spiro atoms. The van der Waals surface area contributed by atoms with Gasteiger partial charge in [-0.25, -0.2) is 10.4 Å². The maximum atomic E-state index is 13.8. The van der Waals surface area contributed by atoms with Crippen molar-refractivity contribution < 1.29 is 22.8 Å². The molecule has 0 radical (unpaired) electrons. The lowest BCUT2D eigenvalue weighted by atomic mass is 9.89. The smallest absolute Gasteiger partial charge is 0.366 e. The predicted octanol–water partition coefficient (Wildman–Crippen LogP) is 1.50. The molecule has 0 bridgehead atoms. The molecule has 9 nitrogen and oxygen atoms in total. The Kier molecular flexibility index (Phi) is 5.14. The lowest BCUT2D eigenvalue weighted by molar-refractivity contribution is -0.161. The number of halogens is 3. The third kappa shape index (κ3) is 3.56. The highest BCUT2D eigenvalue weighted by Gasteiger charge is 2.58. The summed E-state index contributed by atoms with van der Waals surface area (Å²) >= 11 is 0. The van der Waals surface area contributed by atoms with Crippen LogP contribution in [0.3, 0.4) is 0 Å². The lowest BCUT2D eigenvalue weighted by Crippen LogP contribution is -2.56. The van der Waals surface area contributed by atoms with E-state index in [1.54, 1.807) is 37.4 Å². The van der Waals surface area contributed by atoms with Crippen LogP contribution in [0.25, 0.3) is 0 Å². The maximum Gasteiger partial charge on any atom is 0.406 e. The molecule has 2 aliphatic rings. The van der Waals surface area contributed by atoms with Gasteiger partial charge in [0.2, 0.25) is 0 Å². The molecule has 1 fully saturated rings. The molecule has 1 aromatic carbocycles. The van der Waals surface area contributed by atoms with E-state index in [1.165, 1.54) is 17.8 Å². The summed E-state index contributed by atoms with van der Waals surface area (Å²) in [5, 5.41) is 19.2. The summed E-state index contributed by atoms with van der Waals surface area (Å²) < 4.78 is 42.8. The normalized spacial score (nSPS) is 22.9. The minimum atomic E-state index is -4.65. The Morgan fingerprint density at radius 2 is 1.97 bits per heavy atom. The van der Waals surface area contributed by atoms with Crippen LogP contribution in [-0.4, -0.2) is 45.0 Å². The number of alkyl halides is 3. The van der Waals surface area contributed by atoms with Crippen LogP contribution in [0.5, 0.6) is 0 Å². The SMILES string of the molecule is CC1=C(C(=O)Nc2nn(C)cc2C#N)C(=O)N2NC(C(F)(F)F)C(c3ccccc3)C2N1. The number of rotatable bonds is 3. The molecular weight excluding hydrogens is 427 g/mol.